The number of hydrogen-bond acceptors (Lipinski definition) is 3. The lowest BCUT2D eigenvalue weighted by molar-refractivity contribution is 0.112. The van der Waals surface area contributed by atoms with Crippen molar-refractivity contribution >= 4 is 17.2 Å². The van der Waals surface area contributed by atoms with Gasteiger partial charge in [0.25, 0.3) is 0 Å². The van der Waals surface area contributed by atoms with Crippen LogP contribution in [0.3, 0.4) is 0 Å². The Kier molecular flexibility index (Phi) is 2.37. The summed E-state index contributed by atoms with van der Waals surface area (Å²) in [5, 5.41) is 7.72. The average Bonchev–Trinajstić information content (AvgIpc) is 3.03. The predicted molar refractivity (Wildman–Crippen MR) is 67.8 cm³/mol. The first-order chi connectivity index (χ1) is 8.83. The largest absolute Gasteiger partial charge is 0.495 e. The van der Waals surface area contributed by atoms with Crippen LogP contribution >= 0.6 is 0 Å². The molecule has 1 aromatic carbocycles. The van der Waals surface area contributed by atoms with Gasteiger partial charge in [-0.25, -0.2) is 0 Å². The molecule has 2 heterocycles. The van der Waals surface area contributed by atoms with Crippen molar-refractivity contribution < 1.29 is 9.53 Å². The summed E-state index contributed by atoms with van der Waals surface area (Å²) >= 11 is 0. The summed E-state index contributed by atoms with van der Waals surface area (Å²) in [5.74, 6) is 0.769. The van der Waals surface area contributed by atoms with Crippen LogP contribution < -0.4 is 4.74 Å². The first-order valence-electron chi connectivity index (χ1n) is 5.48. The van der Waals surface area contributed by atoms with E-state index in [9.17, 15) is 4.79 Å². The summed E-state index contributed by atoms with van der Waals surface area (Å²) in [5.41, 5.74) is 2.93. The highest BCUT2D eigenvalue weighted by atomic mass is 16.5. The van der Waals surface area contributed by atoms with Crippen LogP contribution in [-0.2, 0) is 0 Å². The molecule has 2 aromatic heterocycles. The summed E-state index contributed by atoms with van der Waals surface area (Å²) in [4.78, 5) is 14.1. The number of aromatic nitrogens is 3. The number of aromatic amines is 2. The molecular weight excluding hydrogens is 230 g/mol. The normalized spacial score (nSPS) is 10.7. The highest BCUT2D eigenvalue weighted by molar-refractivity contribution is 5.92. The lowest BCUT2D eigenvalue weighted by Crippen LogP contribution is -1.85. The lowest BCUT2D eigenvalue weighted by atomic mass is 10.2. The Morgan fingerprint density at radius 2 is 2.28 bits per heavy atom. The van der Waals surface area contributed by atoms with Crippen molar-refractivity contribution in [1.29, 1.82) is 0 Å². The fourth-order valence-corrected chi connectivity index (χ4v) is 2.03. The molecule has 0 aliphatic heterocycles. The van der Waals surface area contributed by atoms with Gasteiger partial charge < -0.3 is 9.72 Å². The van der Waals surface area contributed by atoms with Gasteiger partial charge in [0.2, 0.25) is 0 Å². The second-order valence-corrected chi connectivity index (χ2v) is 3.93. The minimum atomic E-state index is 0.528. The molecule has 0 aliphatic carbocycles. The van der Waals surface area contributed by atoms with Gasteiger partial charge >= 0.3 is 0 Å². The fraction of sp³-hybridized carbons (Fsp3) is 0.0769. The SMILES string of the molecule is COc1cccc2cc(-c3[nH]ncc3C=O)[nH]c12. The smallest absolute Gasteiger partial charge is 0.153 e. The summed E-state index contributed by atoms with van der Waals surface area (Å²) in [6.45, 7) is 0. The van der Waals surface area contributed by atoms with Crippen LogP contribution in [0.5, 0.6) is 5.75 Å². The Balaban J connectivity index is 2.22. The monoisotopic (exact) mass is 241 g/mol. The van der Waals surface area contributed by atoms with Crippen molar-refractivity contribution in [3.05, 3.63) is 36.0 Å². The number of benzene rings is 1. The van der Waals surface area contributed by atoms with Crippen LogP contribution in [-0.4, -0.2) is 28.6 Å². The van der Waals surface area contributed by atoms with Crippen LogP contribution in [0.4, 0.5) is 0 Å². The molecule has 0 saturated heterocycles. The van der Waals surface area contributed by atoms with E-state index in [0.717, 1.165) is 28.6 Å². The van der Waals surface area contributed by atoms with Crippen LogP contribution in [0.2, 0.25) is 0 Å². The molecule has 0 spiro atoms. The summed E-state index contributed by atoms with van der Waals surface area (Å²) < 4.78 is 5.29. The van der Waals surface area contributed by atoms with Crippen molar-refractivity contribution in [1.82, 2.24) is 15.2 Å². The number of H-pyrrole nitrogens is 2. The van der Waals surface area contributed by atoms with E-state index in [1.54, 1.807) is 7.11 Å². The Labute approximate surface area is 103 Å². The minimum absolute atomic E-state index is 0.528. The summed E-state index contributed by atoms with van der Waals surface area (Å²) in [7, 11) is 1.63. The average molecular weight is 241 g/mol. The van der Waals surface area contributed by atoms with Gasteiger partial charge in [0, 0.05) is 5.39 Å². The molecule has 3 rings (SSSR count). The van der Waals surface area contributed by atoms with Crippen molar-refractivity contribution in [2.75, 3.05) is 7.11 Å². The van der Waals surface area contributed by atoms with E-state index in [4.69, 9.17) is 4.74 Å². The predicted octanol–water partition coefficient (Wildman–Crippen LogP) is 2.38. The number of aldehydes is 1. The Morgan fingerprint density at radius 3 is 3.06 bits per heavy atom. The second-order valence-electron chi connectivity index (χ2n) is 3.93. The molecule has 2 N–H and O–H groups in total. The van der Waals surface area contributed by atoms with Crippen molar-refractivity contribution in [3.63, 3.8) is 0 Å². The molecule has 0 saturated carbocycles. The van der Waals surface area contributed by atoms with Gasteiger partial charge in [-0.1, -0.05) is 12.1 Å². The molecule has 0 bridgehead atoms. The fourth-order valence-electron chi connectivity index (χ4n) is 2.03. The zero-order valence-electron chi connectivity index (χ0n) is 9.73. The van der Waals surface area contributed by atoms with Crippen molar-refractivity contribution in [2.24, 2.45) is 0 Å². The highest BCUT2D eigenvalue weighted by Gasteiger charge is 2.11. The summed E-state index contributed by atoms with van der Waals surface area (Å²) in [6.07, 6.45) is 2.28. The number of hydrogen-bond donors (Lipinski definition) is 2. The quantitative estimate of drug-likeness (QED) is 0.691. The van der Waals surface area contributed by atoms with E-state index in [1.165, 1.54) is 6.20 Å². The topological polar surface area (TPSA) is 70.8 Å². The molecular formula is C13H11N3O2. The van der Waals surface area contributed by atoms with Crippen molar-refractivity contribution in [3.8, 4) is 17.1 Å². The third kappa shape index (κ3) is 1.48. The maximum absolute atomic E-state index is 10.9. The van der Waals surface area contributed by atoms with E-state index in [2.05, 4.69) is 15.2 Å². The highest BCUT2D eigenvalue weighted by Crippen LogP contribution is 2.29. The number of para-hydroxylation sites is 1. The molecule has 18 heavy (non-hydrogen) atoms. The van der Waals surface area contributed by atoms with Crippen molar-refractivity contribution in [2.45, 2.75) is 0 Å². The molecule has 0 radical (unpaired) electrons. The number of ether oxygens (including phenoxy) is 1. The molecule has 0 amide bonds. The number of nitrogens with one attached hydrogen (secondary N) is 2. The Bertz CT molecular complexity index is 712. The van der Waals surface area contributed by atoms with Gasteiger partial charge in [0.1, 0.15) is 5.75 Å². The second kappa shape index (κ2) is 4.03. The molecule has 0 aliphatic rings. The molecule has 5 heteroatoms. The van der Waals surface area contributed by atoms with Gasteiger partial charge in [-0.3, -0.25) is 9.89 Å². The van der Waals surface area contributed by atoms with E-state index in [1.807, 2.05) is 24.3 Å². The van der Waals surface area contributed by atoms with Crippen LogP contribution in [0.25, 0.3) is 22.3 Å². The van der Waals surface area contributed by atoms with Gasteiger partial charge in [0.05, 0.1) is 35.8 Å². The Morgan fingerprint density at radius 1 is 1.39 bits per heavy atom. The van der Waals surface area contributed by atoms with E-state index in [0.29, 0.717) is 11.3 Å². The van der Waals surface area contributed by atoms with Gasteiger partial charge in [-0.15, -0.1) is 0 Å². The maximum atomic E-state index is 10.9. The standard InChI is InChI=1S/C13H11N3O2/c1-18-11-4-2-3-8-5-10(15-13(8)11)12-9(7-17)6-14-16-12/h2-7,15H,1H3,(H,14,16). The summed E-state index contributed by atoms with van der Waals surface area (Å²) in [6, 6.07) is 7.75. The third-order valence-corrected chi connectivity index (χ3v) is 2.90. The van der Waals surface area contributed by atoms with Crippen LogP contribution in [0.1, 0.15) is 10.4 Å². The number of rotatable bonds is 3. The Hall–Kier alpha value is -2.56. The number of carbonyl (C=O) groups excluding carboxylic acids is 1. The number of fused-ring (bicyclic) bond motifs is 1. The molecule has 5 nitrogen and oxygen atoms in total. The van der Waals surface area contributed by atoms with Gasteiger partial charge in [0.15, 0.2) is 6.29 Å². The molecule has 3 aromatic rings. The molecule has 0 unspecified atom stereocenters. The van der Waals surface area contributed by atoms with E-state index in [-0.39, 0.29) is 0 Å². The van der Waals surface area contributed by atoms with Crippen LogP contribution in [0.15, 0.2) is 30.5 Å². The molecule has 0 fully saturated rings. The third-order valence-electron chi connectivity index (χ3n) is 2.90. The molecule has 90 valence electrons. The van der Waals surface area contributed by atoms with Gasteiger partial charge in [-0.05, 0) is 12.1 Å². The zero-order valence-corrected chi connectivity index (χ0v) is 9.73. The first-order valence-corrected chi connectivity index (χ1v) is 5.48. The maximum Gasteiger partial charge on any atom is 0.153 e. The molecule has 0 atom stereocenters. The number of carbonyl (C=O) groups is 1. The van der Waals surface area contributed by atoms with Gasteiger partial charge in [-0.2, -0.15) is 5.10 Å². The zero-order chi connectivity index (χ0) is 12.5. The minimum Gasteiger partial charge on any atom is -0.495 e. The first kappa shape index (κ1) is 10.6. The number of methoxy groups -OCH3 is 1. The van der Waals surface area contributed by atoms with E-state index < -0.39 is 0 Å². The number of nitrogens with zero attached hydrogens (tertiary/aromatic N) is 1. The van der Waals surface area contributed by atoms with E-state index >= 15 is 0 Å². The lowest BCUT2D eigenvalue weighted by Gasteiger charge is -1.99. The van der Waals surface area contributed by atoms with Crippen LogP contribution in [0, 0.1) is 0 Å².